The predicted molar refractivity (Wildman–Crippen MR) is 114 cm³/mol. The van der Waals surface area contributed by atoms with E-state index in [1.54, 1.807) is 6.08 Å². The van der Waals surface area contributed by atoms with Crippen molar-refractivity contribution in [2.75, 3.05) is 19.6 Å². The second kappa shape index (κ2) is 9.53. The number of aromatic nitrogens is 2. The maximum Gasteiger partial charge on any atom is 0.244 e. The highest BCUT2D eigenvalue weighted by Gasteiger charge is 2.18. The van der Waals surface area contributed by atoms with Crippen molar-refractivity contribution in [2.45, 2.75) is 19.9 Å². The summed E-state index contributed by atoms with van der Waals surface area (Å²) in [7, 11) is 0. The first-order chi connectivity index (χ1) is 13.6. The second-order valence-corrected chi connectivity index (χ2v) is 6.80. The summed E-state index contributed by atoms with van der Waals surface area (Å²) in [4.78, 5) is 19.1. The standard InChI is InChI=1S/C22H25ClN4O/c1-3-26(4-2)19(17-10-6-5-7-11-17)16-24-21(28)14-13-18-22(23)25-20-12-8-9-15-27(18)20/h5-15,19H,3-4,16H2,1-2H3,(H,24,28)/b14-13+. The molecule has 1 atom stereocenters. The van der Waals surface area contributed by atoms with Gasteiger partial charge in [-0.25, -0.2) is 4.98 Å². The molecule has 0 aliphatic heterocycles. The van der Waals surface area contributed by atoms with Gasteiger partial charge in [-0.3, -0.25) is 14.1 Å². The normalized spacial score (nSPS) is 12.7. The van der Waals surface area contributed by atoms with Crippen LogP contribution in [-0.4, -0.2) is 39.8 Å². The van der Waals surface area contributed by atoms with Crippen molar-refractivity contribution in [1.82, 2.24) is 19.6 Å². The average molecular weight is 397 g/mol. The Morgan fingerprint density at radius 3 is 2.61 bits per heavy atom. The third-order valence-electron chi connectivity index (χ3n) is 4.82. The minimum atomic E-state index is -0.157. The number of pyridine rings is 1. The van der Waals surface area contributed by atoms with Gasteiger partial charge in [0.15, 0.2) is 5.15 Å². The molecule has 0 aliphatic rings. The van der Waals surface area contributed by atoms with Crippen molar-refractivity contribution in [2.24, 2.45) is 0 Å². The first-order valence-electron chi connectivity index (χ1n) is 9.51. The van der Waals surface area contributed by atoms with E-state index in [0.717, 1.165) is 18.7 Å². The molecule has 0 fully saturated rings. The third-order valence-corrected chi connectivity index (χ3v) is 5.10. The van der Waals surface area contributed by atoms with E-state index in [0.29, 0.717) is 17.4 Å². The van der Waals surface area contributed by atoms with Crippen molar-refractivity contribution in [3.05, 3.63) is 77.2 Å². The van der Waals surface area contributed by atoms with Crippen LogP contribution >= 0.6 is 11.6 Å². The number of likely N-dealkylation sites (N-methyl/N-ethyl adjacent to an activating group) is 1. The number of carbonyl (C=O) groups is 1. The van der Waals surface area contributed by atoms with Crippen LogP contribution in [0.2, 0.25) is 5.15 Å². The number of nitrogens with one attached hydrogen (secondary N) is 1. The molecule has 6 heteroatoms. The van der Waals surface area contributed by atoms with Crippen LogP contribution in [0.15, 0.2) is 60.8 Å². The number of halogens is 1. The molecular weight excluding hydrogens is 372 g/mol. The van der Waals surface area contributed by atoms with Crippen LogP contribution in [0, 0.1) is 0 Å². The van der Waals surface area contributed by atoms with E-state index in [1.165, 1.54) is 11.6 Å². The van der Waals surface area contributed by atoms with Crippen LogP contribution in [0.4, 0.5) is 0 Å². The van der Waals surface area contributed by atoms with Crippen molar-refractivity contribution < 1.29 is 4.79 Å². The first-order valence-corrected chi connectivity index (χ1v) is 9.89. The molecule has 1 unspecified atom stereocenters. The molecule has 0 bridgehead atoms. The number of hydrogen-bond donors (Lipinski definition) is 1. The van der Waals surface area contributed by atoms with Crippen LogP contribution < -0.4 is 5.32 Å². The van der Waals surface area contributed by atoms with Gasteiger partial charge in [0.05, 0.1) is 11.7 Å². The maximum atomic E-state index is 12.4. The fourth-order valence-corrected chi connectivity index (χ4v) is 3.58. The lowest BCUT2D eigenvalue weighted by Crippen LogP contribution is -2.37. The number of benzene rings is 1. The average Bonchev–Trinajstić information content (AvgIpc) is 3.05. The highest BCUT2D eigenvalue weighted by molar-refractivity contribution is 6.31. The first kappa shape index (κ1) is 20.1. The number of nitrogens with zero attached hydrogens (tertiary/aromatic N) is 3. The number of imidazole rings is 1. The number of carbonyl (C=O) groups excluding carboxylic acids is 1. The SMILES string of the molecule is CCN(CC)C(CNC(=O)/C=C/c1c(Cl)nc2ccccn12)c1ccccc1. The lowest BCUT2D eigenvalue weighted by molar-refractivity contribution is -0.116. The van der Waals surface area contributed by atoms with Gasteiger partial charge in [0.2, 0.25) is 5.91 Å². The molecule has 28 heavy (non-hydrogen) atoms. The van der Waals surface area contributed by atoms with Gasteiger partial charge >= 0.3 is 0 Å². The van der Waals surface area contributed by atoms with Crippen LogP contribution in [0.1, 0.15) is 31.1 Å². The van der Waals surface area contributed by atoms with E-state index in [-0.39, 0.29) is 11.9 Å². The molecule has 0 spiro atoms. The fraction of sp³-hybridized carbons (Fsp3) is 0.273. The molecule has 146 valence electrons. The van der Waals surface area contributed by atoms with E-state index in [4.69, 9.17) is 11.6 Å². The summed E-state index contributed by atoms with van der Waals surface area (Å²) in [6.07, 6.45) is 5.08. The topological polar surface area (TPSA) is 49.6 Å². The Balaban J connectivity index is 1.70. The molecule has 3 aromatic rings. The number of fused-ring (bicyclic) bond motifs is 1. The minimum Gasteiger partial charge on any atom is -0.351 e. The summed E-state index contributed by atoms with van der Waals surface area (Å²) < 4.78 is 1.86. The van der Waals surface area contributed by atoms with E-state index in [9.17, 15) is 4.79 Å². The summed E-state index contributed by atoms with van der Waals surface area (Å²) >= 11 is 6.22. The Hall–Kier alpha value is -2.63. The number of hydrogen-bond acceptors (Lipinski definition) is 3. The van der Waals surface area contributed by atoms with E-state index in [2.05, 4.69) is 41.2 Å². The summed E-state index contributed by atoms with van der Waals surface area (Å²) in [6.45, 7) is 6.63. The molecule has 0 saturated heterocycles. The Bertz CT molecular complexity index is 948. The van der Waals surface area contributed by atoms with E-state index >= 15 is 0 Å². The smallest absolute Gasteiger partial charge is 0.244 e. The molecule has 1 aromatic carbocycles. The summed E-state index contributed by atoms with van der Waals surface area (Å²) in [6, 6.07) is 16.1. The van der Waals surface area contributed by atoms with Gasteiger partial charge in [-0.15, -0.1) is 0 Å². The maximum absolute atomic E-state index is 12.4. The van der Waals surface area contributed by atoms with Crippen molar-refractivity contribution in [1.29, 1.82) is 0 Å². The number of rotatable bonds is 8. The zero-order chi connectivity index (χ0) is 19.9. The monoisotopic (exact) mass is 396 g/mol. The summed E-state index contributed by atoms with van der Waals surface area (Å²) in [5.41, 5.74) is 2.63. The highest BCUT2D eigenvalue weighted by Crippen LogP contribution is 2.20. The Labute approximate surface area is 170 Å². The molecule has 5 nitrogen and oxygen atoms in total. The van der Waals surface area contributed by atoms with Gasteiger partial charge in [-0.05, 0) is 36.9 Å². The molecule has 0 saturated carbocycles. The lowest BCUT2D eigenvalue weighted by atomic mass is 10.1. The molecule has 1 amide bonds. The molecule has 0 radical (unpaired) electrons. The van der Waals surface area contributed by atoms with Crippen molar-refractivity contribution >= 4 is 29.2 Å². The summed E-state index contributed by atoms with van der Waals surface area (Å²) in [5.74, 6) is -0.157. The van der Waals surface area contributed by atoms with Crippen LogP contribution in [0.5, 0.6) is 0 Å². The zero-order valence-corrected chi connectivity index (χ0v) is 16.9. The molecule has 0 aliphatic carbocycles. The van der Waals surface area contributed by atoms with Crippen LogP contribution in [-0.2, 0) is 4.79 Å². The quantitative estimate of drug-likeness (QED) is 0.580. The largest absolute Gasteiger partial charge is 0.351 e. The predicted octanol–water partition coefficient (Wildman–Crippen LogP) is 4.20. The fourth-order valence-electron chi connectivity index (χ4n) is 3.34. The molecule has 2 heterocycles. The van der Waals surface area contributed by atoms with Gasteiger partial charge in [-0.2, -0.15) is 0 Å². The second-order valence-electron chi connectivity index (χ2n) is 6.44. The van der Waals surface area contributed by atoms with Crippen LogP contribution in [0.25, 0.3) is 11.7 Å². The Morgan fingerprint density at radius 2 is 1.89 bits per heavy atom. The summed E-state index contributed by atoms with van der Waals surface area (Å²) in [5, 5.41) is 3.40. The van der Waals surface area contributed by atoms with Gasteiger partial charge in [0.1, 0.15) is 5.65 Å². The van der Waals surface area contributed by atoms with E-state index in [1.807, 2.05) is 47.0 Å². The Morgan fingerprint density at radius 1 is 1.18 bits per heavy atom. The lowest BCUT2D eigenvalue weighted by Gasteiger charge is -2.30. The Kier molecular flexibility index (Phi) is 6.85. The van der Waals surface area contributed by atoms with Gasteiger partial charge in [0, 0.05) is 18.8 Å². The minimum absolute atomic E-state index is 0.132. The zero-order valence-electron chi connectivity index (χ0n) is 16.2. The third kappa shape index (κ3) is 4.61. The van der Waals surface area contributed by atoms with Crippen molar-refractivity contribution in [3.63, 3.8) is 0 Å². The molecule has 1 N–H and O–H groups in total. The van der Waals surface area contributed by atoms with Gasteiger partial charge in [0.25, 0.3) is 0 Å². The number of amides is 1. The van der Waals surface area contributed by atoms with Crippen molar-refractivity contribution in [3.8, 4) is 0 Å². The molecule has 3 rings (SSSR count). The van der Waals surface area contributed by atoms with Gasteiger partial charge < -0.3 is 5.32 Å². The molecule has 2 aromatic heterocycles. The van der Waals surface area contributed by atoms with E-state index < -0.39 is 0 Å². The highest BCUT2D eigenvalue weighted by atomic mass is 35.5. The van der Waals surface area contributed by atoms with Crippen LogP contribution in [0.3, 0.4) is 0 Å². The van der Waals surface area contributed by atoms with Gasteiger partial charge in [-0.1, -0.05) is 61.8 Å². The molecular formula is C22H25ClN4O.